The number of ether oxygens (including phenoxy) is 1. The standard InChI is InChI=1S/C5H11NO2/c1-4(2)8-5(7)3-6/h4H,3,6H2,1-2H3/p+1. The van der Waals surface area contributed by atoms with Crippen molar-refractivity contribution in [1.29, 1.82) is 0 Å². The third-order valence-electron chi connectivity index (χ3n) is 0.571. The number of rotatable bonds is 2. The van der Waals surface area contributed by atoms with Gasteiger partial charge in [-0.2, -0.15) is 0 Å². The van der Waals surface area contributed by atoms with E-state index in [0.29, 0.717) is 0 Å². The fraction of sp³-hybridized carbons (Fsp3) is 0.800. The van der Waals surface area contributed by atoms with Gasteiger partial charge in [0.15, 0.2) is 6.54 Å². The van der Waals surface area contributed by atoms with Gasteiger partial charge in [-0.05, 0) is 13.8 Å². The molecule has 0 saturated heterocycles. The predicted octanol–water partition coefficient (Wildman–Crippen LogP) is -0.820. The fourth-order valence-corrected chi connectivity index (χ4v) is 0.322. The minimum absolute atomic E-state index is 0.00995. The van der Waals surface area contributed by atoms with Crippen LogP contribution in [0.5, 0.6) is 0 Å². The van der Waals surface area contributed by atoms with Gasteiger partial charge in [0.2, 0.25) is 0 Å². The molecular formula is C5H12NO2+. The van der Waals surface area contributed by atoms with Crippen LogP contribution in [-0.4, -0.2) is 18.6 Å². The van der Waals surface area contributed by atoms with Crippen LogP contribution in [0.2, 0.25) is 0 Å². The Morgan fingerprint density at radius 2 is 2.25 bits per heavy atom. The molecule has 3 nitrogen and oxygen atoms in total. The van der Waals surface area contributed by atoms with E-state index >= 15 is 0 Å². The maximum atomic E-state index is 10.3. The number of hydrogen-bond donors (Lipinski definition) is 1. The van der Waals surface area contributed by atoms with Crippen LogP contribution in [0.4, 0.5) is 0 Å². The minimum Gasteiger partial charge on any atom is -0.459 e. The molecule has 0 rings (SSSR count). The first-order valence-electron chi connectivity index (χ1n) is 2.65. The van der Waals surface area contributed by atoms with E-state index in [9.17, 15) is 4.79 Å². The smallest absolute Gasteiger partial charge is 0.361 e. The van der Waals surface area contributed by atoms with Crippen LogP contribution < -0.4 is 5.73 Å². The van der Waals surface area contributed by atoms with Crippen molar-refractivity contribution in [3.63, 3.8) is 0 Å². The van der Waals surface area contributed by atoms with Crippen molar-refractivity contribution in [3.05, 3.63) is 0 Å². The summed E-state index contributed by atoms with van der Waals surface area (Å²) in [5.41, 5.74) is 3.36. The Balaban J connectivity index is 3.25. The van der Waals surface area contributed by atoms with Crippen molar-refractivity contribution >= 4 is 5.97 Å². The Morgan fingerprint density at radius 3 is 2.38 bits per heavy atom. The molecule has 0 aliphatic heterocycles. The summed E-state index contributed by atoms with van der Waals surface area (Å²) in [4.78, 5) is 10.3. The molecule has 8 heavy (non-hydrogen) atoms. The van der Waals surface area contributed by atoms with Gasteiger partial charge in [-0.25, -0.2) is 4.79 Å². The third kappa shape index (κ3) is 3.61. The minimum atomic E-state index is -0.236. The molecular weight excluding hydrogens is 106 g/mol. The van der Waals surface area contributed by atoms with Gasteiger partial charge in [0.05, 0.1) is 6.10 Å². The molecule has 0 fully saturated rings. The monoisotopic (exact) mass is 118 g/mol. The van der Waals surface area contributed by atoms with E-state index < -0.39 is 0 Å². The zero-order valence-electron chi connectivity index (χ0n) is 5.31. The van der Waals surface area contributed by atoms with Gasteiger partial charge in [0.25, 0.3) is 0 Å². The summed E-state index contributed by atoms with van der Waals surface area (Å²) in [5.74, 6) is -0.236. The Kier molecular flexibility index (Phi) is 3.19. The van der Waals surface area contributed by atoms with Crippen LogP contribution in [-0.2, 0) is 9.53 Å². The lowest BCUT2D eigenvalue weighted by Crippen LogP contribution is -2.54. The molecule has 0 spiro atoms. The first-order chi connectivity index (χ1) is 3.66. The van der Waals surface area contributed by atoms with Crippen molar-refractivity contribution in [2.75, 3.05) is 6.54 Å². The molecule has 0 bridgehead atoms. The van der Waals surface area contributed by atoms with Crippen molar-refractivity contribution in [2.45, 2.75) is 20.0 Å². The van der Waals surface area contributed by atoms with Crippen molar-refractivity contribution in [3.8, 4) is 0 Å². The highest BCUT2D eigenvalue weighted by atomic mass is 16.5. The number of hydrogen-bond acceptors (Lipinski definition) is 2. The fourth-order valence-electron chi connectivity index (χ4n) is 0.322. The van der Waals surface area contributed by atoms with Crippen LogP contribution in [0.1, 0.15) is 13.8 Å². The second-order valence-electron chi connectivity index (χ2n) is 1.79. The summed E-state index contributed by atoms with van der Waals surface area (Å²) in [6.45, 7) is 3.85. The Hall–Kier alpha value is -0.570. The van der Waals surface area contributed by atoms with Crippen LogP contribution >= 0.6 is 0 Å². The van der Waals surface area contributed by atoms with Gasteiger partial charge < -0.3 is 10.5 Å². The summed E-state index contributed by atoms with van der Waals surface area (Å²) in [5, 5.41) is 0. The van der Waals surface area contributed by atoms with Crippen LogP contribution in [0.25, 0.3) is 0 Å². The average molecular weight is 118 g/mol. The SMILES string of the molecule is CC(C)OC(=O)C[NH3+]. The molecule has 3 N–H and O–H groups in total. The van der Waals surface area contributed by atoms with Gasteiger partial charge in [-0.1, -0.05) is 0 Å². The van der Waals surface area contributed by atoms with E-state index in [1.54, 1.807) is 0 Å². The Morgan fingerprint density at radius 1 is 1.75 bits per heavy atom. The molecule has 0 aromatic carbocycles. The maximum Gasteiger partial charge on any atom is 0.361 e. The molecule has 0 aliphatic carbocycles. The molecule has 0 aromatic rings. The number of carbonyl (C=O) groups is 1. The lowest BCUT2D eigenvalue weighted by Gasteiger charge is -2.02. The van der Waals surface area contributed by atoms with Crippen molar-refractivity contribution in [2.24, 2.45) is 0 Å². The summed E-state index contributed by atoms with van der Waals surface area (Å²) in [6.07, 6.45) is -0.00995. The molecule has 3 heteroatoms. The molecule has 0 aromatic heterocycles. The summed E-state index contributed by atoms with van der Waals surface area (Å²) in [7, 11) is 0. The molecule has 0 saturated carbocycles. The molecule has 0 amide bonds. The first-order valence-corrected chi connectivity index (χ1v) is 2.65. The van der Waals surface area contributed by atoms with E-state index in [2.05, 4.69) is 5.73 Å². The van der Waals surface area contributed by atoms with Crippen LogP contribution in [0.3, 0.4) is 0 Å². The van der Waals surface area contributed by atoms with E-state index in [1.165, 1.54) is 0 Å². The summed E-state index contributed by atoms with van der Waals surface area (Å²) >= 11 is 0. The highest BCUT2D eigenvalue weighted by Gasteiger charge is 2.01. The zero-order chi connectivity index (χ0) is 6.57. The molecule has 0 radical (unpaired) electrons. The average Bonchev–Trinajstić information content (AvgIpc) is 1.65. The van der Waals surface area contributed by atoms with E-state index in [4.69, 9.17) is 4.74 Å². The highest BCUT2D eigenvalue weighted by molar-refractivity contribution is 5.70. The highest BCUT2D eigenvalue weighted by Crippen LogP contribution is 1.85. The molecule has 0 atom stereocenters. The topological polar surface area (TPSA) is 53.9 Å². The van der Waals surface area contributed by atoms with Gasteiger partial charge in [-0.3, -0.25) is 0 Å². The van der Waals surface area contributed by atoms with E-state index in [0.717, 1.165) is 0 Å². The normalized spacial score (nSPS) is 9.50. The van der Waals surface area contributed by atoms with Crippen LogP contribution in [0.15, 0.2) is 0 Å². The largest absolute Gasteiger partial charge is 0.459 e. The number of esters is 1. The lowest BCUT2D eigenvalue weighted by atomic mass is 10.5. The van der Waals surface area contributed by atoms with E-state index in [-0.39, 0.29) is 18.6 Å². The van der Waals surface area contributed by atoms with Crippen molar-refractivity contribution < 1.29 is 15.3 Å². The van der Waals surface area contributed by atoms with Gasteiger partial charge in [0, 0.05) is 0 Å². The molecule has 0 heterocycles. The second-order valence-corrected chi connectivity index (χ2v) is 1.79. The third-order valence-corrected chi connectivity index (χ3v) is 0.571. The van der Waals surface area contributed by atoms with Gasteiger partial charge in [-0.15, -0.1) is 0 Å². The summed E-state index contributed by atoms with van der Waals surface area (Å²) < 4.78 is 4.70. The number of quaternary nitrogens is 1. The molecule has 0 unspecified atom stereocenters. The molecule has 48 valence electrons. The zero-order valence-corrected chi connectivity index (χ0v) is 5.31. The number of carbonyl (C=O) groups excluding carboxylic acids is 1. The van der Waals surface area contributed by atoms with Crippen LogP contribution in [0, 0.1) is 0 Å². The van der Waals surface area contributed by atoms with Gasteiger partial charge in [0.1, 0.15) is 0 Å². The first kappa shape index (κ1) is 7.43. The maximum absolute atomic E-state index is 10.3. The Labute approximate surface area is 48.8 Å². The van der Waals surface area contributed by atoms with Crippen molar-refractivity contribution in [1.82, 2.24) is 0 Å². The predicted molar refractivity (Wildman–Crippen MR) is 29.0 cm³/mol. The van der Waals surface area contributed by atoms with Gasteiger partial charge >= 0.3 is 5.97 Å². The Bertz CT molecular complexity index is 80.5. The molecule has 0 aliphatic rings. The lowest BCUT2D eigenvalue weighted by molar-refractivity contribution is -0.360. The summed E-state index contributed by atoms with van der Waals surface area (Å²) in [6, 6.07) is 0. The quantitative estimate of drug-likeness (QED) is 0.482. The second kappa shape index (κ2) is 3.43. The van der Waals surface area contributed by atoms with E-state index in [1.807, 2.05) is 13.8 Å².